The molecule has 0 aliphatic carbocycles. The number of carbonyl (C=O) groups is 1. The summed E-state index contributed by atoms with van der Waals surface area (Å²) in [6, 6.07) is 10.0. The summed E-state index contributed by atoms with van der Waals surface area (Å²) < 4.78 is 0. The number of hydrogen-bond donors (Lipinski definition) is 1. The van der Waals surface area contributed by atoms with Gasteiger partial charge >= 0.3 is 0 Å². The first-order valence-corrected chi connectivity index (χ1v) is 4.89. The number of rotatable bonds is 1. The lowest BCUT2D eigenvalue weighted by Gasteiger charge is -2.05. The number of fused-ring (bicyclic) bond motifs is 1. The molecular weight excluding hydrogens is 186 g/mol. The SMILES string of the molecule is Cc1ccc2cc(C)c(C(N)=O)cc2c1. The van der Waals surface area contributed by atoms with Crippen molar-refractivity contribution in [2.24, 2.45) is 5.73 Å². The molecule has 0 spiro atoms. The van der Waals surface area contributed by atoms with Crippen LogP contribution in [0.1, 0.15) is 21.5 Å². The first kappa shape index (κ1) is 9.71. The zero-order valence-corrected chi connectivity index (χ0v) is 8.87. The van der Waals surface area contributed by atoms with E-state index >= 15 is 0 Å². The van der Waals surface area contributed by atoms with Crippen molar-refractivity contribution in [3.05, 3.63) is 47.0 Å². The molecule has 0 radical (unpaired) electrons. The Balaban J connectivity index is 2.77. The standard InChI is InChI=1S/C13H13NO/c1-8-3-4-10-6-9(2)12(13(14)15)7-11(10)5-8/h3-7H,1-2H3,(H2,14,15). The summed E-state index contributed by atoms with van der Waals surface area (Å²) in [5.41, 5.74) is 8.02. The zero-order chi connectivity index (χ0) is 11.0. The van der Waals surface area contributed by atoms with Crippen LogP contribution in [0.25, 0.3) is 10.8 Å². The predicted octanol–water partition coefficient (Wildman–Crippen LogP) is 2.56. The summed E-state index contributed by atoms with van der Waals surface area (Å²) in [5.74, 6) is -0.365. The summed E-state index contributed by atoms with van der Waals surface area (Å²) in [6.45, 7) is 3.93. The number of nitrogens with two attached hydrogens (primary N) is 1. The highest BCUT2D eigenvalue weighted by molar-refractivity contribution is 5.99. The third kappa shape index (κ3) is 1.71. The molecule has 1 amide bonds. The Kier molecular flexibility index (Phi) is 2.19. The van der Waals surface area contributed by atoms with E-state index in [1.165, 1.54) is 5.56 Å². The molecule has 2 N–H and O–H groups in total. The number of carbonyl (C=O) groups excluding carboxylic acids is 1. The minimum absolute atomic E-state index is 0.365. The zero-order valence-electron chi connectivity index (χ0n) is 8.87. The van der Waals surface area contributed by atoms with Crippen LogP contribution < -0.4 is 5.73 Å². The number of hydrogen-bond acceptors (Lipinski definition) is 1. The maximum atomic E-state index is 11.2. The highest BCUT2D eigenvalue weighted by Gasteiger charge is 2.06. The third-order valence-electron chi connectivity index (χ3n) is 2.60. The van der Waals surface area contributed by atoms with Crippen molar-refractivity contribution in [2.75, 3.05) is 0 Å². The van der Waals surface area contributed by atoms with E-state index < -0.39 is 0 Å². The van der Waals surface area contributed by atoms with Gasteiger partial charge in [-0.3, -0.25) is 4.79 Å². The van der Waals surface area contributed by atoms with Gasteiger partial charge in [0, 0.05) is 5.56 Å². The van der Waals surface area contributed by atoms with E-state index in [0.29, 0.717) is 5.56 Å². The Morgan fingerprint density at radius 1 is 1.07 bits per heavy atom. The maximum Gasteiger partial charge on any atom is 0.248 e. The fourth-order valence-corrected chi connectivity index (χ4v) is 1.80. The largest absolute Gasteiger partial charge is 0.366 e. The van der Waals surface area contributed by atoms with E-state index in [4.69, 9.17) is 5.73 Å². The van der Waals surface area contributed by atoms with Gasteiger partial charge in [0.2, 0.25) is 5.91 Å². The van der Waals surface area contributed by atoms with Crippen molar-refractivity contribution in [2.45, 2.75) is 13.8 Å². The molecule has 76 valence electrons. The lowest BCUT2D eigenvalue weighted by molar-refractivity contribution is 0.1000. The molecule has 0 saturated carbocycles. The third-order valence-corrected chi connectivity index (χ3v) is 2.60. The van der Waals surface area contributed by atoms with E-state index in [2.05, 4.69) is 18.2 Å². The molecule has 2 rings (SSSR count). The van der Waals surface area contributed by atoms with E-state index in [-0.39, 0.29) is 5.91 Å². The molecule has 0 unspecified atom stereocenters. The molecule has 2 aromatic carbocycles. The maximum absolute atomic E-state index is 11.2. The van der Waals surface area contributed by atoms with Gasteiger partial charge in [-0.05, 0) is 36.2 Å². The van der Waals surface area contributed by atoms with E-state index in [1.807, 2.05) is 26.0 Å². The highest BCUT2D eigenvalue weighted by Crippen LogP contribution is 2.20. The smallest absolute Gasteiger partial charge is 0.248 e. The number of primary amides is 1. The van der Waals surface area contributed by atoms with Gasteiger partial charge in [-0.2, -0.15) is 0 Å². The molecule has 0 aliphatic rings. The van der Waals surface area contributed by atoms with Crippen molar-refractivity contribution < 1.29 is 4.79 Å². The Labute approximate surface area is 88.7 Å². The van der Waals surface area contributed by atoms with Crippen molar-refractivity contribution in [3.63, 3.8) is 0 Å². The van der Waals surface area contributed by atoms with E-state index in [9.17, 15) is 4.79 Å². The fourth-order valence-electron chi connectivity index (χ4n) is 1.80. The van der Waals surface area contributed by atoms with Gasteiger partial charge in [-0.25, -0.2) is 0 Å². The summed E-state index contributed by atoms with van der Waals surface area (Å²) in [7, 11) is 0. The Morgan fingerprint density at radius 3 is 2.47 bits per heavy atom. The molecular formula is C13H13NO. The molecule has 0 aliphatic heterocycles. The first-order chi connectivity index (χ1) is 7.08. The first-order valence-electron chi connectivity index (χ1n) is 4.89. The van der Waals surface area contributed by atoms with Gasteiger partial charge in [0.1, 0.15) is 0 Å². The Morgan fingerprint density at radius 2 is 1.80 bits per heavy atom. The summed E-state index contributed by atoms with van der Waals surface area (Å²) >= 11 is 0. The van der Waals surface area contributed by atoms with Crippen molar-refractivity contribution >= 4 is 16.7 Å². The molecule has 0 atom stereocenters. The van der Waals surface area contributed by atoms with Crippen LogP contribution >= 0.6 is 0 Å². The van der Waals surface area contributed by atoms with Crippen LogP contribution in [0.4, 0.5) is 0 Å². The molecule has 0 heterocycles. The number of aryl methyl sites for hydroxylation is 2. The van der Waals surface area contributed by atoms with Crippen molar-refractivity contribution in [1.82, 2.24) is 0 Å². The molecule has 0 bridgehead atoms. The van der Waals surface area contributed by atoms with Gasteiger partial charge in [-0.1, -0.05) is 29.8 Å². The van der Waals surface area contributed by atoms with Gasteiger partial charge < -0.3 is 5.73 Å². The lowest BCUT2D eigenvalue weighted by atomic mass is 10.0. The van der Waals surface area contributed by atoms with Crippen LogP contribution in [0.5, 0.6) is 0 Å². The molecule has 2 heteroatoms. The van der Waals surface area contributed by atoms with Crippen LogP contribution in [-0.2, 0) is 0 Å². The number of amides is 1. The van der Waals surface area contributed by atoms with Crippen LogP contribution in [-0.4, -0.2) is 5.91 Å². The summed E-state index contributed by atoms with van der Waals surface area (Å²) in [5, 5.41) is 2.21. The topological polar surface area (TPSA) is 43.1 Å². The highest BCUT2D eigenvalue weighted by atomic mass is 16.1. The predicted molar refractivity (Wildman–Crippen MR) is 61.9 cm³/mol. The summed E-state index contributed by atoms with van der Waals surface area (Å²) in [4.78, 5) is 11.2. The molecule has 2 aromatic rings. The average Bonchev–Trinajstić information content (AvgIpc) is 2.17. The Hall–Kier alpha value is -1.83. The van der Waals surface area contributed by atoms with Crippen LogP contribution in [0.2, 0.25) is 0 Å². The summed E-state index contributed by atoms with van der Waals surface area (Å²) in [6.07, 6.45) is 0. The fraction of sp³-hybridized carbons (Fsp3) is 0.154. The lowest BCUT2D eigenvalue weighted by Crippen LogP contribution is -2.12. The Bertz CT molecular complexity index is 543. The van der Waals surface area contributed by atoms with Gasteiger partial charge in [0.15, 0.2) is 0 Å². The van der Waals surface area contributed by atoms with Crippen LogP contribution in [0.15, 0.2) is 30.3 Å². The molecule has 2 nitrogen and oxygen atoms in total. The number of benzene rings is 2. The normalized spacial score (nSPS) is 10.5. The van der Waals surface area contributed by atoms with Gasteiger partial charge in [0.25, 0.3) is 0 Å². The molecule has 0 aromatic heterocycles. The minimum Gasteiger partial charge on any atom is -0.366 e. The molecule has 0 fully saturated rings. The second-order valence-corrected chi connectivity index (χ2v) is 3.88. The van der Waals surface area contributed by atoms with Crippen molar-refractivity contribution in [3.8, 4) is 0 Å². The van der Waals surface area contributed by atoms with Crippen molar-refractivity contribution in [1.29, 1.82) is 0 Å². The quantitative estimate of drug-likeness (QED) is 0.753. The monoisotopic (exact) mass is 199 g/mol. The minimum atomic E-state index is -0.365. The van der Waals surface area contributed by atoms with Gasteiger partial charge in [-0.15, -0.1) is 0 Å². The van der Waals surface area contributed by atoms with Crippen LogP contribution in [0, 0.1) is 13.8 Å². The molecule has 0 saturated heterocycles. The second kappa shape index (κ2) is 3.39. The molecule has 15 heavy (non-hydrogen) atoms. The van der Waals surface area contributed by atoms with E-state index in [0.717, 1.165) is 16.3 Å². The van der Waals surface area contributed by atoms with Gasteiger partial charge in [0.05, 0.1) is 0 Å². The van der Waals surface area contributed by atoms with E-state index in [1.54, 1.807) is 0 Å². The van der Waals surface area contributed by atoms with Crippen LogP contribution in [0.3, 0.4) is 0 Å². The average molecular weight is 199 g/mol. The second-order valence-electron chi connectivity index (χ2n) is 3.88.